The van der Waals surface area contributed by atoms with E-state index in [1.807, 2.05) is 19.0 Å². The van der Waals surface area contributed by atoms with Gasteiger partial charge in [0.1, 0.15) is 0 Å². The van der Waals surface area contributed by atoms with E-state index in [9.17, 15) is 4.79 Å². The van der Waals surface area contributed by atoms with Crippen LogP contribution in [0.2, 0.25) is 0 Å². The first-order valence-corrected chi connectivity index (χ1v) is 6.34. The average molecular weight is 241 g/mol. The molecule has 0 aromatic heterocycles. The predicted octanol–water partition coefficient (Wildman–Crippen LogP) is 1.77. The average Bonchev–Trinajstić information content (AvgIpc) is 2.55. The number of hydrogen-bond acceptors (Lipinski definition) is 2. The molecule has 0 atom stereocenters. The monoisotopic (exact) mass is 241 g/mol. The van der Waals surface area contributed by atoms with Crippen LogP contribution in [0.3, 0.4) is 0 Å². The lowest BCUT2D eigenvalue weighted by Crippen LogP contribution is -2.51. The molecule has 4 nitrogen and oxygen atoms in total. The van der Waals surface area contributed by atoms with Crippen molar-refractivity contribution in [1.82, 2.24) is 15.1 Å². The lowest BCUT2D eigenvalue weighted by atomic mass is 9.93. The van der Waals surface area contributed by atoms with Gasteiger partial charge in [-0.1, -0.05) is 13.8 Å². The van der Waals surface area contributed by atoms with Gasteiger partial charge in [-0.2, -0.15) is 0 Å². The molecule has 1 rings (SSSR count). The molecule has 0 saturated carbocycles. The molecule has 1 N–H and O–H groups in total. The van der Waals surface area contributed by atoms with Gasteiger partial charge < -0.3 is 15.1 Å². The summed E-state index contributed by atoms with van der Waals surface area (Å²) in [5.41, 5.74) is 0.263. The molecule has 0 aromatic carbocycles. The Bertz CT molecular complexity index is 284. The van der Waals surface area contributed by atoms with Crippen molar-refractivity contribution in [2.24, 2.45) is 5.41 Å². The van der Waals surface area contributed by atoms with Gasteiger partial charge in [-0.3, -0.25) is 0 Å². The summed E-state index contributed by atoms with van der Waals surface area (Å²) >= 11 is 0. The molecule has 0 radical (unpaired) electrons. The number of carbonyl (C=O) groups excluding carboxylic acids is 1. The fourth-order valence-corrected chi connectivity index (χ4v) is 1.85. The maximum Gasteiger partial charge on any atom is 0.317 e. The summed E-state index contributed by atoms with van der Waals surface area (Å²) in [5.74, 6) is 0. The summed E-state index contributed by atoms with van der Waals surface area (Å²) in [4.78, 5) is 16.0. The Morgan fingerprint density at radius 1 is 1.41 bits per heavy atom. The molecule has 0 spiro atoms. The number of likely N-dealkylation sites (N-methyl/N-ethyl adjacent to an activating group) is 1. The number of amides is 2. The van der Waals surface area contributed by atoms with Gasteiger partial charge in [0.15, 0.2) is 0 Å². The van der Waals surface area contributed by atoms with E-state index in [1.165, 1.54) is 0 Å². The number of nitrogens with one attached hydrogen (secondary N) is 1. The zero-order valence-electron chi connectivity index (χ0n) is 12.1. The van der Waals surface area contributed by atoms with E-state index in [0.29, 0.717) is 6.54 Å². The Kier molecular flexibility index (Phi) is 4.07. The highest BCUT2D eigenvalue weighted by atomic mass is 16.2. The van der Waals surface area contributed by atoms with Crippen molar-refractivity contribution >= 4 is 6.03 Å². The van der Waals surface area contributed by atoms with Crippen molar-refractivity contribution in [3.63, 3.8) is 0 Å². The first-order chi connectivity index (χ1) is 7.64. The van der Waals surface area contributed by atoms with Crippen molar-refractivity contribution in [1.29, 1.82) is 0 Å². The number of nitrogens with zero attached hydrogens (tertiary/aromatic N) is 2. The number of rotatable bonds is 3. The second-order valence-corrected chi connectivity index (χ2v) is 6.70. The quantitative estimate of drug-likeness (QED) is 0.817. The summed E-state index contributed by atoms with van der Waals surface area (Å²) in [6, 6.07) is 0.0745. The smallest absolute Gasteiger partial charge is 0.317 e. The van der Waals surface area contributed by atoms with Crippen molar-refractivity contribution in [3.05, 3.63) is 0 Å². The SMILES string of the molecule is CN(C)C(C)(C)CNC(=O)N1CCC(C)(C)C1. The maximum atomic E-state index is 12.0. The highest BCUT2D eigenvalue weighted by molar-refractivity contribution is 5.74. The minimum absolute atomic E-state index is 0.00903. The van der Waals surface area contributed by atoms with Gasteiger partial charge in [0.25, 0.3) is 0 Å². The molecule has 0 bridgehead atoms. The summed E-state index contributed by atoms with van der Waals surface area (Å²) < 4.78 is 0. The molecular weight excluding hydrogens is 214 g/mol. The van der Waals surface area contributed by atoms with Crippen LogP contribution < -0.4 is 5.32 Å². The van der Waals surface area contributed by atoms with Crippen LogP contribution in [0.25, 0.3) is 0 Å². The van der Waals surface area contributed by atoms with Crippen molar-refractivity contribution in [2.45, 2.75) is 39.7 Å². The third-order valence-electron chi connectivity index (χ3n) is 3.85. The van der Waals surface area contributed by atoms with Crippen LogP contribution in [0, 0.1) is 5.41 Å². The maximum absolute atomic E-state index is 12.0. The standard InChI is InChI=1S/C13H27N3O/c1-12(2)7-8-16(10-12)11(17)14-9-13(3,4)15(5)6/h7-10H2,1-6H3,(H,14,17). The number of likely N-dealkylation sites (tertiary alicyclic amines) is 1. The lowest BCUT2D eigenvalue weighted by molar-refractivity contribution is 0.172. The fourth-order valence-electron chi connectivity index (χ4n) is 1.85. The fraction of sp³-hybridized carbons (Fsp3) is 0.923. The van der Waals surface area contributed by atoms with Gasteiger partial charge in [0, 0.05) is 25.2 Å². The minimum Gasteiger partial charge on any atom is -0.336 e. The van der Waals surface area contributed by atoms with Gasteiger partial charge in [0.05, 0.1) is 0 Å². The molecule has 1 heterocycles. The molecule has 2 amide bonds. The lowest BCUT2D eigenvalue weighted by Gasteiger charge is -2.33. The first-order valence-electron chi connectivity index (χ1n) is 6.34. The minimum atomic E-state index is -0.00903. The van der Waals surface area contributed by atoms with Gasteiger partial charge in [0.2, 0.25) is 0 Å². The van der Waals surface area contributed by atoms with Crippen molar-refractivity contribution < 1.29 is 4.79 Å². The van der Waals surface area contributed by atoms with Crippen LogP contribution in [0.4, 0.5) is 4.79 Å². The summed E-state index contributed by atoms with van der Waals surface area (Å²) in [5, 5.41) is 3.03. The summed E-state index contributed by atoms with van der Waals surface area (Å²) in [6.45, 7) is 11.1. The second kappa shape index (κ2) is 4.84. The zero-order chi connectivity index (χ0) is 13.3. The van der Waals surface area contributed by atoms with E-state index in [0.717, 1.165) is 19.5 Å². The molecule has 1 aliphatic heterocycles. The van der Waals surface area contributed by atoms with E-state index in [1.54, 1.807) is 0 Å². The largest absolute Gasteiger partial charge is 0.336 e. The third kappa shape index (κ3) is 3.87. The molecule has 100 valence electrons. The Morgan fingerprint density at radius 2 is 2.00 bits per heavy atom. The molecule has 0 aliphatic carbocycles. The Labute approximate surface area is 105 Å². The molecule has 4 heteroatoms. The zero-order valence-corrected chi connectivity index (χ0v) is 12.1. The van der Waals surface area contributed by atoms with Crippen LogP contribution in [0.15, 0.2) is 0 Å². The highest BCUT2D eigenvalue weighted by Gasteiger charge is 2.32. The molecule has 1 fully saturated rings. The van der Waals surface area contributed by atoms with Crippen LogP contribution in [0.5, 0.6) is 0 Å². The Balaban J connectivity index is 2.41. The van der Waals surface area contributed by atoms with Gasteiger partial charge >= 0.3 is 6.03 Å². The normalized spacial score (nSPS) is 19.8. The van der Waals surface area contributed by atoms with E-state index >= 15 is 0 Å². The first kappa shape index (κ1) is 14.3. The topological polar surface area (TPSA) is 35.6 Å². The summed E-state index contributed by atoms with van der Waals surface area (Å²) in [7, 11) is 4.07. The van der Waals surface area contributed by atoms with Crippen LogP contribution in [-0.2, 0) is 0 Å². The highest BCUT2D eigenvalue weighted by Crippen LogP contribution is 2.28. The van der Waals surface area contributed by atoms with E-state index < -0.39 is 0 Å². The van der Waals surface area contributed by atoms with E-state index in [-0.39, 0.29) is 17.0 Å². The van der Waals surface area contributed by atoms with Gasteiger partial charge in [-0.15, -0.1) is 0 Å². The van der Waals surface area contributed by atoms with E-state index in [2.05, 4.69) is 37.9 Å². The second-order valence-electron chi connectivity index (χ2n) is 6.70. The van der Waals surface area contributed by atoms with Crippen LogP contribution >= 0.6 is 0 Å². The Morgan fingerprint density at radius 3 is 2.41 bits per heavy atom. The van der Waals surface area contributed by atoms with Crippen LogP contribution in [-0.4, -0.2) is 55.1 Å². The molecular formula is C13H27N3O. The summed E-state index contributed by atoms with van der Waals surface area (Å²) in [6.07, 6.45) is 1.09. The number of hydrogen-bond donors (Lipinski definition) is 1. The Hall–Kier alpha value is -0.770. The van der Waals surface area contributed by atoms with Crippen molar-refractivity contribution in [3.8, 4) is 0 Å². The molecule has 1 saturated heterocycles. The van der Waals surface area contributed by atoms with Crippen LogP contribution in [0.1, 0.15) is 34.1 Å². The van der Waals surface area contributed by atoms with Gasteiger partial charge in [-0.05, 0) is 39.8 Å². The molecule has 1 aliphatic rings. The van der Waals surface area contributed by atoms with Crippen molar-refractivity contribution in [2.75, 3.05) is 33.7 Å². The number of carbonyl (C=O) groups is 1. The van der Waals surface area contributed by atoms with E-state index in [4.69, 9.17) is 0 Å². The predicted molar refractivity (Wildman–Crippen MR) is 71.1 cm³/mol. The molecule has 0 unspecified atom stereocenters. The van der Waals surface area contributed by atoms with Gasteiger partial charge in [-0.25, -0.2) is 4.79 Å². The molecule has 0 aromatic rings. The molecule has 17 heavy (non-hydrogen) atoms. The third-order valence-corrected chi connectivity index (χ3v) is 3.85. The number of urea groups is 1.